The summed E-state index contributed by atoms with van der Waals surface area (Å²) in [6.07, 6.45) is 1.15. The normalized spacial score (nSPS) is 18.4. The molecule has 1 aromatic carbocycles. The van der Waals surface area contributed by atoms with Gasteiger partial charge in [0.15, 0.2) is 5.96 Å². The summed E-state index contributed by atoms with van der Waals surface area (Å²) >= 11 is 0. The lowest BCUT2D eigenvalue weighted by Crippen LogP contribution is -2.45. The molecule has 0 bridgehead atoms. The van der Waals surface area contributed by atoms with E-state index >= 15 is 0 Å². The largest absolute Gasteiger partial charge is 0.382 e. The fraction of sp³-hybridized carbons (Fsp3) is 0.667. The van der Waals surface area contributed by atoms with E-state index in [2.05, 4.69) is 60.2 Å². The number of ether oxygens (including phenoxy) is 2. The quantitative estimate of drug-likeness (QED) is 0.439. The predicted molar refractivity (Wildman–Crippen MR) is 108 cm³/mol. The van der Waals surface area contributed by atoms with Crippen molar-refractivity contribution in [1.82, 2.24) is 10.2 Å². The number of nitrogens with zero attached hydrogens (tertiary/aromatic N) is 2. The van der Waals surface area contributed by atoms with Gasteiger partial charge in [-0.2, -0.15) is 0 Å². The van der Waals surface area contributed by atoms with E-state index in [1.54, 1.807) is 7.11 Å². The van der Waals surface area contributed by atoms with E-state index in [9.17, 15) is 0 Å². The average Bonchev–Trinajstić information content (AvgIpc) is 3.08. The van der Waals surface area contributed by atoms with Crippen molar-refractivity contribution < 1.29 is 9.47 Å². The third-order valence-corrected chi connectivity index (χ3v) is 5.07. The van der Waals surface area contributed by atoms with Crippen molar-refractivity contribution in [2.24, 2.45) is 10.9 Å². The number of likely N-dealkylation sites (tertiary alicyclic amines) is 1. The monoisotopic (exact) mass is 361 g/mol. The molecule has 0 aromatic heterocycles. The molecular formula is C21H35N3O2. The first-order valence-corrected chi connectivity index (χ1v) is 9.55. The molecule has 2 rings (SSSR count). The van der Waals surface area contributed by atoms with Gasteiger partial charge in [0.25, 0.3) is 0 Å². The van der Waals surface area contributed by atoms with Gasteiger partial charge in [0.2, 0.25) is 0 Å². The minimum absolute atomic E-state index is 0.0460. The first-order valence-electron chi connectivity index (χ1n) is 9.55. The molecule has 0 saturated carbocycles. The lowest BCUT2D eigenvalue weighted by Gasteiger charge is -2.29. The maximum atomic E-state index is 5.69. The average molecular weight is 362 g/mol. The van der Waals surface area contributed by atoms with Gasteiger partial charge in [0.05, 0.1) is 19.8 Å². The number of guanidine groups is 1. The highest BCUT2D eigenvalue weighted by Gasteiger charge is 2.27. The number of rotatable bonds is 8. The molecule has 1 aliphatic heterocycles. The second-order valence-electron chi connectivity index (χ2n) is 7.82. The van der Waals surface area contributed by atoms with Crippen molar-refractivity contribution in [1.29, 1.82) is 0 Å². The predicted octanol–water partition coefficient (Wildman–Crippen LogP) is 2.83. The zero-order valence-corrected chi connectivity index (χ0v) is 17.0. The maximum Gasteiger partial charge on any atom is 0.193 e. The fourth-order valence-corrected chi connectivity index (χ4v) is 3.35. The SMILES string of the molecule is CN=C(NCC(C)(C)c1cccc(C)c1)N1CCC(COCCOC)C1. The lowest BCUT2D eigenvalue weighted by atomic mass is 9.84. The lowest BCUT2D eigenvalue weighted by molar-refractivity contribution is 0.0536. The van der Waals surface area contributed by atoms with Crippen LogP contribution in [0.25, 0.3) is 0 Å². The van der Waals surface area contributed by atoms with Crippen LogP contribution in [0.3, 0.4) is 0 Å². The number of benzene rings is 1. The van der Waals surface area contributed by atoms with Gasteiger partial charge in [-0.05, 0) is 18.9 Å². The molecule has 1 aliphatic rings. The van der Waals surface area contributed by atoms with Crippen LogP contribution in [0.15, 0.2) is 29.3 Å². The van der Waals surface area contributed by atoms with Crippen LogP contribution in [0.1, 0.15) is 31.4 Å². The molecule has 1 aromatic rings. The molecule has 0 amide bonds. The van der Waals surface area contributed by atoms with Gasteiger partial charge in [-0.15, -0.1) is 0 Å². The minimum Gasteiger partial charge on any atom is -0.382 e. The number of aryl methyl sites for hydroxylation is 1. The van der Waals surface area contributed by atoms with Gasteiger partial charge in [-0.3, -0.25) is 4.99 Å². The molecule has 5 heteroatoms. The van der Waals surface area contributed by atoms with Gasteiger partial charge in [-0.1, -0.05) is 43.7 Å². The first-order chi connectivity index (χ1) is 12.5. The molecule has 0 spiro atoms. The second kappa shape index (κ2) is 9.93. The van der Waals surface area contributed by atoms with Crippen LogP contribution in [-0.2, 0) is 14.9 Å². The zero-order chi connectivity index (χ0) is 19.0. The van der Waals surface area contributed by atoms with E-state index in [4.69, 9.17) is 9.47 Å². The highest BCUT2D eigenvalue weighted by Crippen LogP contribution is 2.23. The van der Waals surface area contributed by atoms with Crippen LogP contribution in [0, 0.1) is 12.8 Å². The summed E-state index contributed by atoms with van der Waals surface area (Å²) in [5.41, 5.74) is 2.70. The maximum absolute atomic E-state index is 5.69. The van der Waals surface area contributed by atoms with Gasteiger partial charge in [0, 0.05) is 45.1 Å². The number of hydrogen-bond donors (Lipinski definition) is 1. The van der Waals surface area contributed by atoms with E-state index in [1.165, 1.54) is 11.1 Å². The van der Waals surface area contributed by atoms with Crippen molar-refractivity contribution in [2.45, 2.75) is 32.6 Å². The molecule has 26 heavy (non-hydrogen) atoms. The highest BCUT2D eigenvalue weighted by molar-refractivity contribution is 5.80. The second-order valence-corrected chi connectivity index (χ2v) is 7.82. The number of nitrogens with one attached hydrogen (secondary N) is 1. The smallest absolute Gasteiger partial charge is 0.193 e. The Kier molecular flexibility index (Phi) is 7.91. The Bertz CT molecular complexity index is 586. The molecule has 146 valence electrons. The Hall–Kier alpha value is -1.59. The molecule has 1 unspecified atom stereocenters. The van der Waals surface area contributed by atoms with Crippen LogP contribution in [-0.4, -0.2) is 64.5 Å². The summed E-state index contributed by atoms with van der Waals surface area (Å²) in [5, 5.41) is 3.58. The van der Waals surface area contributed by atoms with Gasteiger partial charge < -0.3 is 19.7 Å². The Morgan fingerprint density at radius 3 is 2.85 bits per heavy atom. The van der Waals surface area contributed by atoms with Crippen LogP contribution < -0.4 is 5.32 Å². The van der Waals surface area contributed by atoms with E-state index in [-0.39, 0.29) is 5.41 Å². The Balaban J connectivity index is 1.84. The molecule has 1 N–H and O–H groups in total. The fourth-order valence-electron chi connectivity index (χ4n) is 3.35. The van der Waals surface area contributed by atoms with Crippen molar-refractivity contribution in [3.63, 3.8) is 0 Å². The summed E-state index contributed by atoms with van der Waals surface area (Å²) in [7, 11) is 3.57. The Morgan fingerprint density at radius 1 is 1.35 bits per heavy atom. The van der Waals surface area contributed by atoms with Crippen LogP contribution in [0.5, 0.6) is 0 Å². The van der Waals surface area contributed by atoms with Crippen molar-refractivity contribution >= 4 is 5.96 Å². The van der Waals surface area contributed by atoms with Crippen molar-refractivity contribution in [2.75, 3.05) is 53.6 Å². The molecule has 1 heterocycles. The van der Waals surface area contributed by atoms with E-state index < -0.39 is 0 Å². The summed E-state index contributed by atoms with van der Waals surface area (Å²) in [6, 6.07) is 8.76. The van der Waals surface area contributed by atoms with Gasteiger partial charge >= 0.3 is 0 Å². The first kappa shape index (κ1) is 20.7. The summed E-state index contributed by atoms with van der Waals surface area (Å²) < 4.78 is 10.7. The number of hydrogen-bond acceptors (Lipinski definition) is 3. The van der Waals surface area contributed by atoms with Crippen LogP contribution in [0.2, 0.25) is 0 Å². The molecule has 0 radical (unpaired) electrons. The summed E-state index contributed by atoms with van der Waals surface area (Å²) in [5.74, 6) is 1.56. The van der Waals surface area contributed by atoms with Crippen molar-refractivity contribution in [3.8, 4) is 0 Å². The Labute approximate surface area is 158 Å². The third kappa shape index (κ3) is 5.99. The van der Waals surface area contributed by atoms with Gasteiger partial charge in [0.1, 0.15) is 0 Å². The van der Waals surface area contributed by atoms with Crippen molar-refractivity contribution in [3.05, 3.63) is 35.4 Å². The third-order valence-electron chi connectivity index (χ3n) is 5.07. The minimum atomic E-state index is 0.0460. The molecule has 1 atom stereocenters. The standard InChI is InChI=1S/C21H35N3O2/c1-17-7-6-8-19(13-17)21(2,3)16-23-20(22-4)24-10-9-18(14-24)15-26-12-11-25-5/h6-8,13,18H,9-12,14-16H2,1-5H3,(H,22,23). The van der Waals surface area contributed by atoms with Crippen LogP contribution in [0.4, 0.5) is 0 Å². The number of aliphatic imine (C=N–C) groups is 1. The van der Waals surface area contributed by atoms with E-state index in [0.29, 0.717) is 19.1 Å². The van der Waals surface area contributed by atoms with Gasteiger partial charge in [-0.25, -0.2) is 0 Å². The summed E-state index contributed by atoms with van der Waals surface area (Å²) in [4.78, 5) is 6.84. The molecule has 1 saturated heterocycles. The zero-order valence-electron chi connectivity index (χ0n) is 17.0. The highest BCUT2D eigenvalue weighted by atomic mass is 16.5. The molecule has 5 nitrogen and oxygen atoms in total. The van der Waals surface area contributed by atoms with E-state index in [0.717, 1.165) is 38.6 Å². The number of methoxy groups -OCH3 is 1. The molecular weight excluding hydrogens is 326 g/mol. The van der Waals surface area contributed by atoms with Crippen LogP contribution >= 0.6 is 0 Å². The Morgan fingerprint density at radius 2 is 2.15 bits per heavy atom. The van der Waals surface area contributed by atoms with E-state index in [1.807, 2.05) is 7.05 Å². The molecule has 0 aliphatic carbocycles. The topological polar surface area (TPSA) is 46.1 Å². The summed E-state index contributed by atoms with van der Waals surface area (Å²) in [6.45, 7) is 11.7. The molecule has 1 fully saturated rings.